The number of ether oxygens (including phenoxy) is 1. The standard InChI is InChI=1S/C21H19N3O2/c1-16-10-11-19(14-22-16)21(25)24-23-13-18-8-5-9-20(12-18)26-15-17-6-3-2-4-7-17/h2-14H,15H2,1H3,(H,24,25)/b23-13-. The van der Waals surface area contributed by atoms with Crippen molar-refractivity contribution in [2.75, 3.05) is 0 Å². The van der Waals surface area contributed by atoms with Crippen LogP contribution >= 0.6 is 0 Å². The number of aromatic nitrogens is 1. The highest BCUT2D eigenvalue weighted by atomic mass is 16.5. The Morgan fingerprint density at radius 3 is 2.73 bits per heavy atom. The van der Waals surface area contributed by atoms with Crippen LogP contribution in [0, 0.1) is 6.92 Å². The minimum Gasteiger partial charge on any atom is -0.489 e. The number of nitrogens with zero attached hydrogens (tertiary/aromatic N) is 2. The molecule has 1 heterocycles. The maximum atomic E-state index is 12.0. The summed E-state index contributed by atoms with van der Waals surface area (Å²) in [7, 11) is 0. The van der Waals surface area contributed by atoms with Crippen LogP contribution in [0.15, 0.2) is 78.0 Å². The molecule has 26 heavy (non-hydrogen) atoms. The minimum absolute atomic E-state index is 0.301. The molecular weight excluding hydrogens is 326 g/mol. The summed E-state index contributed by atoms with van der Waals surface area (Å²) in [5.74, 6) is 0.442. The van der Waals surface area contributed by atoms with Crippen molar-refractivity contribution in [3.05, 3.63) is 95.3 Å². The zero-order valence-corrected chi connectivity index (χ0v) is 14.4. The van der Waals surface area contributed by atoms with E-state index in [2.05, 4.69) is 15.5 Å². The van der Waals surface area contributed by atoms with E-state index in [-0.39, 0.29) is 5.91 Å². The number of hydrogen-bond acceptors (Lipinski definition) is 4. The molecule has 1 amide bonds. The van der Waals surface area contributed by atoms with Crippen LogP contribution in [0.1, 0.15) is 27.2 Å². The van der Waals surface area contributed by atoms with Crippen molar-refractivity contribution in [3.8, 4) is 5.75 Å². The highest BCUT2D eigenvalue weighted by molar-refractivity contribution is 5.94. The predicted octanol–water partition coefficient (Wildman–Crippen LogP) is 3.73. The summed E-state index contributed by atoms with van der Waals surface area (Å²) in [6.45, 7) is 2.37. The number of aryl methyl sites for hydroxylation is 1. The van der Waals surface area contributed by atoms with E-state index in [1.165, 1.54) is 6.20 Å². The molecule has 0 aliphatic carbocycles. The van der Waals surface area contributed by atoms with Crippen LogP contribution in [-0.2, 0) is 6.61 Å². The summed E-state index contributed by atoms with van der Waals surface area (Å²) in [6.07, 6.45) is 3.10. The predicted molar refractivity (Wildman–Crippen MR) is 101 cm³/mol. The van der Waals surface area contributed by atoms with Crippen molar-refractivity contribution in [1.82, 2.24) is 10.4 Å². The quantitative estimate of drug-likeness (QED) is 0.547. The third-order valence-corrected chi connectivity index (χ3v) is 3.66. The third-order valence-electron chi connectivity index (χ3n) is 3.66. The fourth-order valence-corrected chi connectivity index (χ4v) is 2.26. The van der Waals surface area contributed by atoms with Gasteiger partial charge >= 0.3 is 0 Å². The van der Waals surface area contributed by atoms with Gasteiger partial charge in [-0.1, -0.05) is 42.5 Å². The fourth-order valence-electron chi connectivity index (χ4n) is 2.26. The zero-order valence-electron chi connectivity index (χ0n) is 14.4. The van der Waals surface area contributed by atoms with E-state index in [1.807, 2.05) is 61.5 Å². The Labute approximate surface area is 152 Å². The van der Waals surface area contributed by atoms with E-state index in [0.29, 0.717) is 12.2 Å². The molecule has 3 rings (SSSR count). The Bertz CT molecular complexity index is 891. The Morgan fingerprint density at radius 1 is 1.12 bits per heavy atom. The van der Waals surface area contributed by atoms with Gasteiger partial charge in [0, 0.05) is 11.9 Å². The first kappa shape index (κ1) is 17.4. The average molecular weight is 345 g/mol. The third kappa shape index (κ3) is 5.01. The number of pyridine rings is 1. The van der Waals surface area contributed by atoms with Crippen molar-refractivity contribution >= 4 is 12.1 Å². The summed E-state index contributed by atoms with van der Waals surface area (Å²) < 4.78 is 5.78. The molecule has 2 aromatic carbocycles. The second-order valence-corrected chi connectivity index (χ2v) is 5.73. The number of nitrogens with one attached hydrogen (secondary N) is 1. The second kappa shape index (κ2) is 8.58. The normalized spacial score (nSPS) is 10.7. The number of hydrogen-bond donors (Lipinski definition) is 1. The van der Waals surface area contributed by atoms with Gasteiger partial charge in [0.25, 0.3) is 5.91 Å². The molecule has 5 heteroatoms. The van der Waals surface area contributed by atoms with Gasteiger partial charge in [-0.05, 0) is 42.3 Å². The van der Waals surface area contributed by atoms with Crippen molar-refractivity contribution in [3.63, 3.8) is 0 Å². The second-order valence-electron chi connectivity index (χ2n) is 5.73. The molecule has 0 aliphatic heterocycles. The van der Waals surface area contributed by atoms with Crippen LogP contribution in [0.25, 0.3) is 0 Å². The highest BCUT2D eigenvalue weighted by Crippen LogP contribution is 2.14. The molecule has 1 N–H and O–H groups in total. The molecule has 5 nitrogen and oxygen atoms in total. The molecular formula is C21H19N3O2. The van der Waals surface area contributed by atoms with Gasteiger partial charge in [-0.3, -0.25) is 9.78 Å². The van der Waals surface area contributed by atoms with Gasteiger partial charge in [0.15, 0.2) is 0 Å². The summed E-state index contributed by atoms with van der Waals surface area (Å²) in [4.78, 5) is 16.1. The Kier molecular flexibility index (Phi) is 5.72. The van der Waals surface area contributed by atoms with E-state index < -0.39 is 0 Å². The summed E-state index contributed by atoms with van der Waals surface area (Å²) in [6, 6.07) is 21.0. The molecule has 0 saturated carbocycles. The van der Waals surface area contributed by atoms with Crippen molar-refractivity contribution in [2.45, 2.75) is 13.5 Å². The molecule has 1 aromatic heterocycles. The minimum atomic E-state index is -0.301. The largest absolute Gasteiger partial charge is 0.489 e. The fraction of sp³-hybridized carbons (Fsp3) is 0.0952. The zero-order chi connectivity index (χ0) is 18.2. The van der Waals surface area contributed by atoms with E-state index >= 15 is 0 Å². The van der Waals surface area contributed by atoms with Gasteiger partial charge in [-0.25, -0.2) is 5.43 Å². The smallest absolute Gasteiger partial charge is 0.272 e. The maximum absolute atomic E-state index is 12.0. The monoisotopic (exact) mass is 345 g/mol. The van der Waals surface area contributed by atoms with Gasteiger partial charge < -0.3 is 4.74 Å². The van der Waals surface area contributed by atoms with Gasteiger partial charge in [0.1, 0.15) is 12.4 Å². The Balaban J connectivity index is 1.56. The summed E-state index contributed by atoms with van der Waals surface area (Å²) in [5, 5.41) is 3.99. The lowest BCUT2D eigenvalue weighted by atomic mass is 10.2. The first-order valence-electron chi connectivity index (χ1n) is 8.23. The topological polar surface area (TPSA) is 63.6 Å². The van der Waals surface area contributed by atoms with Crippen LogP contribution in [0.3, 0.4) is 0 Å². The van der Waals surface area contributed by atoms with Crippen LogP contribution in [0.2, 0.25) is 0 Å². The van der Waals surface area contributed by atoms with E-state index in [4.69, 9.17) is 4.74 Å². The van der Waals surface area contributed by atoms with Crippen molar-refractivity contribution in [1.29, 1.82) is 0 Å². The van der Waals surface area contributed by atoms with Gasteiger partial charge in [-0.15, -0.1) is 0 Å². The number of benzene rings is 2. The first-order chi connectivity index (χ1) is 12.7. The molecule has 0 radical (unpaired) electrons. The molecule has 0 bridgehead atoms. The molecule has 130 valence electrons. The van der Waals surface area contributed by atoms with Crippen molar-refractivity contribution in [2.24, 2.45) is 5.10 Å². The molecule has 3 aromatic rings. The molecule has 0 fully saturated rings. The number of carbonyl (C=O) groups excluding carboxylic acids is 1. The van der Waals surface area contributed by atoms with E-state index in [9.17, 15) is 4.79 Å². The van der Waals surface area contributed by atoms with Gasteiger partial charge in [-0.2, -0.15) is 5.10 Å². The van der Waals surface area contributed by atoms with Crippen LogP contribution in [-0.4, -0.2) is 17.1 Å². The molecule has 0 unspecified atom stereocenters. The van der Waals surface area contributed by atoms with E-state index in [0.717, 1.165) is 22.6 Å². The SMILES string of the molecule is Cc1ccc(C(=O)N/N=C\c2cccc(OCc3ccccc3)c2)cn1. The number of carbonyl (C=O) groups is 1. The molecule has 0 aliphatic rings. The average Bonchev–Trinajstić information content (AvgIpc) is 2.68. The van der Waals surface area contributed by atoms with Gasteiger partial charge in [0.2, 0.25) is 0 Å². The number of amides is 1. The lowest BCUT2D eigenvalue weighted by Gasteiger charge is -2.06. The summed E-state index contributed by atoms with van der Waals surface area (Å²) >= 11 is 0. The molecule has 0 saturated heterocycles. The Morgan fingerprint density at radius 2 is 1.96 bits per heavy atom. The molecule has 0 spiro atoms. The number of rotatable bonds is 6. The van der Waals surface area contributed by atoms with E-state index in [1.54, 1.807) is 18.3 Å². The van der Waals surface area contributed by atoms with Crippen LogP contribution < -0.4 is 10.2 Å². The summed E-state index contributed by atoms with van der Waals surface area (Å²) in [5.41, 5.74) is 5.75. The van der Waals surface area contributed by atoms with Crippen molar-refractivity contribution < 1.29 is 9.53 Å². The van der Waals surface area contributed by atoms with Gasteiger partial charge in [0.05, 0.1) is 11.8 Å². The van der Waals surface area contributed by atoms with Crippen LogP contribution in [0.4, 0.5) is 0 Å². The first-order valence-corrected chi connectivity index (χ1v) is 8.23. The lowest BCUT2D eigenvalue weighted by molar-refractivity contribution is 0.0955. The maximum Gasteiger partial charge on any atom is 0.272 e. The Hall–Kier alpha value is -3.47. The highest BCUT2D eigenvalue weighted by Gasteiger charge is 2.03. The number of hydrazone groups is 1. The lowest BCUT2D eigenvalue weighted by Crippen LogP contribution is -2.17. The molecule has 0 atom stereocenters. The van der Waals surface area contributed by atoms with Crippen LogP contribution in [0.5, 0.6) is 5.75 Å².